The third-order valence-electron chi connectivity index (χ3n) is 3.04. The number of nitrogens with two attached hydrogens (primary N) is 1. The summed E-state index contributed by atoms with van der Waals surface area (Å²) in [6.07, 6.45) is 0. The molecule has 0 amide bonds. The van der Waals surface area contributed by atoms with Crippen molar-refractivity contribution < 1.29 is 12.8 Å². The Hall–Kier alpha value is -2.39. The highest BCUT2D eigenvalue weighted by molar-refractivity contribution is 7.90. The van der Waals surface area contributed by atoms with Gasteiger partial charge in [0.05, 0.1) is 28.0 Å². The first kappa shape index (κ1) is 15.0. The molecule has 0 spiro atoms. The maximum atomic E-state index is 13.3. The van der Waals surface area contributed by atoms with Gasteiger partial charge in [-0.15, -0.1) is 0 Å². The van der Waals surface area contributed by atoms with Crippen LogP contribution in [0.4, 0.5) is 10.1 Å². The number of nitrogens with zero attached hydrogens (tertiary/aromatic N) is 1. The monoisotopic (exact) mass is 304 g/mol. The van der Waals surface area contributed by atoms with E-state index in [2.05, 4.69) is 0 Å². The van der Waals surface area contributed by atoms with Crippen molar-refractivity contribution in [3.63, 3.8) is 0 Å². The molecule has 0 unspecified atom stereocenters. The van der Waals surface area contributed by atoms with E-state index in [1.165, 1.54) is 18.2 Å². The summed E-state index contributed by atoms with van der Waals surface area (Å²) in [5.41, 5.74) is 6.85. The van der Waals surface area contributed by atoms with Gasteiger partial charge in [0.2, 0.25) is 0 Å². The Bertz CT molecular complexity index is 839. The van der Waals surface area contributed by atoms with Gasteiger partial charge in [-0.25, -0.2) is 12.8 Å². The van der Waals surface area contributed by atoms with Crippen molar-refractivity contribution in [1.29, 1.82) is 5.26 Å². The van der Waals surface area contributed by atoms with E-state index in [0.29, 0.717) is 0 Å². The number of hydrogen-bond donors (Lipinski definition) is 1. The van der Waals surface area contributed by atoms with Crippen LogP contribution in [0.5, 0.6) is 0 Å². The number of halogens is 1. The largest absolute Gasteiger partial charge is 0.398 e. The number of benzene rings is 2. The molecule has 0 atom stereocenters. The summed E-state index contributed by atoms with van der Waals surface area (Å²) in [4.78, 5) is -0.00403. The minimum absolute atomic E-state index is 0.00403. The van der Waals surface area contributed by atoms with Crippen LogP contribution in [0.25, 0.3) is 0 Å². The van der Waals surface area contributed by atoms with Gasteiger partial charge in [-0.1, -0.05) is 6.07 Å². The zero-order chi connectivity index (χ0) is 15.6. The highest BCUT2D eigenvalue weighted by Crippen LogP contribution is 2.25. The Labute approximate surface area is 122 Å². The molecule has 0 heterocycles. The van der Waals surface area contributed by atoms with Crippen molar-refractivity contribution in [2.24, 2.45) is 0 Å². The van der Waals surface area contributed by atoms with Gasteiger partial charge >= 0.3 is 0 Å². The Morgan fingerprint density at radius 1 is 1.24 bits per heavy atom. The second kappa shape index (κ2) is 5.54. The first-order valence-corrected chi connectivity index (χ1v) is 7.76. The second-order valence-electron chi connectivity index (χ2n) is 4.71. The van der Waals surface area contributed by atoms with Crippen LogP contribution in [0, 0.1) is 24.1 Å². The molecule has 0 saturated heterocycles. The van der Waals surface area contributed by atoms with Crippen LogP contribution < -0.4 is 5.73 Å². The van der Waals surface area contributed by atoms with Crippen molar-refractivity contribution in [2.75, 3.05) is 5.73 Å². The molecule has 2 rings (SSSR count). The molecule has 2 N–H and O–H groups in total. The molecule has 108 valence electrons. The van der Waals surface area contributed by atoms with E-state index in [1.807, 2.05) is 6.07 Å². The molecular formula is C15H13FN2O2S. The van der Waals surface area contributed by atoms with E-state index in [-0.39, 0.29) is 21.7 Å². The lowest BCUT2D eigenvalue weighted by Gasteiger charge is -2.09. The van der Waals surface area contributed by atoms with Crippen LogP contribution in [-0.4, -0.2) is 8.42 Å². The molecule has 21 heavy (non-hydrogen) atoms. The van der Waals surface area contributed by atoms with E-state index >= 15 is 0 Å². The van der Waals surface area contributed by atoms with Gasteiger partial charge in [0, 0.05) is 0 Å². The van der Waals surface area contributed by atoms with Crippen molar-refractivity contribution in [3.8, 4) is 6.07 Å². The van der Waals surface area contributed by atoms with Crippen LogP contribution in [0.15, 0.2) is 41.3 Å². The minimum atomic E-state index is -3.76. The van der Waals surface area contributed by atoms with E-state index in [4.69, 9.17) is 11.0 Å². The second-order valence-corrected chi connectivity index (χ2v) is 6.67. The van der Waals surface area contributed by atoms with Crippen molar-refractivity contribution in [3.05, 3.63) is 58.9 Å². The van der Waals surface area contributed by atoms with Crippen LogP contribution >= 0.6 is 0 Å². The van der Waals surface area contributed by atoms with Gasteiger partial charge in [0.1, 0.15) is 5.82 Å². The number of anilines is 1. The molecule has 2 aromatic rings. The Morgan fingerprint density at radius 2 is 1.95 bits per heavy atom. The SMILES string of the molecule is Cc1ccc(N)c(S(=O)(=O)Cc2cc(F)ccc2C#N)c1. The fourth-order valence-corrected chi connectivity index (χ4v) is 3.58. The zero-order valence-corrected chi connectivity index (χ0v) is 12.1. The topological polar surface area (TPSA) is 84.0 Å². The normalized spacial score (nSPS) is 11.1. The lowest BCUT2D eigenvalue weighted by atomic mass is 10.1. The fraction of sp³-hybridized carbons (Fsp3) is 0.133. The molecule has 0 bridgehead atoms. The number of nitriles is 1. The summed E-state index contributed by atoms with van der Waals surface area (Å²) >= 11 is 0. The van der Waals surface area contributed by atoms with Gasteiger partial charge in [0.25, 0.3) is 0 Å². The van der Waals surface area contributed by atoms with E-state index in [0.717, 1.165) is 17.7 Å². The first-order valence-electron chi connectivity index (χ1n) is 6.11. The molecule has 4 nitrogen and oxygen atoms in total. The predicted molar refractivity (Wildman–Crippen MR) is 77.6 cm³/mol. The van der Waals surface area contributed by atoms with Gasteiger partial charge in [-0.2, -0.15) is 5.26 Å². The Kier molecular flexibility index (Phi) is 3.96. The van der Waals surface area contributed by atoms with Crippen LogP contribution in [0.2, 0.25) is 0 Å². The van der Waals surface area contributed by atoms with Crippen LogP contribution in [0.3, 0.4) is 0 Å². The number of hydrogen-bond acceptors (Lipinski definition) is 4. The molecule has 2 aromatic carbocycles. The third-order valence-corrected chi connectivity index (χ3v) is 4.75. The van der Waals surface area contributed by atoms with Gasteiger partial charge in [-0.3, -0.25) is 0 Å². The maximum Gasteiger partial charge on any atom is 0.184 e. The lowest BCUT2D eigenvalue weighted by Crippen LogP contribution is -2.09. The summed E-state index contributed by atoms with van der Waals surface area (Å²) < 4.78 is 38.2. The number of rotatable bonds is 3. The third kappa shape index (κ3) is 3.20. The molecule has 0 radical (unpaired) electrons. The Morgan fingerprint density at radius 3 is 2.62 bits per heavy atom. The number of sulfone groups is 1. The van der Waals surface area contributed by atoms with Crippen LogP contribution in [-0.2, 0) is 15.6 Å². The maximum absolute atomic E-state index is 13.3. The zero-order valence-electron chi connectivity index (χ0n) is 11.3. The predicted octanol–water partition coefficient (Wildman–Crippen LogP) is 2.56. The highest BCUT2D eigenvalue weighted by Gasteiger charge is 2.20. The molecule has 0 aliphatic heterocycles. The first-order chi connectivity index (χ1) is 9.83. The molecule has 0 aliphatic rings. The quantitative estimate of drug-likeness (QED) is 0.883. The van der Waals surface area contributed by atoms with Crippen molar-refractivity contribution in [1.82, 2.24) is 0 Å². The van der Waals surface area contributed by atoms with Crippen LogP contribution in [0.1, 0.15) is 16.7 Å². The average Bonchev–Trinajstić information content (AvgIpc) is 2.41. The molecular weight excluding hydrogens is 291 g/mol. The molecule has 6 heteroatoms. The molecule has 0 saturated carbocycles. The van der Waals surface area contributed by atoms with Gasteiger partial charge in [-0.05, 0) is 48.4 Å². The summed E-state index contributed by atoms with van der Waals surface area (Å²) in [5, 5.41) is 8.98. The molecule has 0 aromatic heterocycles. The standard InChI is InChI=1S/C15H13FN2O2S/c1-10-2-5-14(18)15(6-10)21(19,20)9-12-7-13(16)4-3-11(12)8-17/h2-7H,9,18H2,1H3. The van der Waals surface area contributed by atoms with Crippen molar-refractivity contribution in [2.45, 2.75) is 17.6 Å². The average molecular weight is 304 g/mol. The van der Waals surface area contributed by atoms with Gasteiger partial charge in [0.15, 0.2) is 9.84 Å². The van der Waals surface area contributed by atoms with Gasteiger partial charge < -0.3 is 5.73 Å². The van der Waals surface area contributed by atoms with E-state index in [1.54, 1.807) is 13.0 Å². The smallest absolute Gasteiger partial charge is 0.184 e. The fourth-order valence-electron chi connectivity index (χ4n) is 1.98. The number of nitrogen functional groups attached to an aromatic ring is 1. The highest BCUT2D eigenvalue weighted by atomic mass is 32.2. The molecule has 0 aliphatic carbocycles. The summed E-state index contributed by atoms with van der Waals surface area (Å²) in [6, 6.07) is 9.99. The minimum Gasteiger partial charge on any atom is -0.398 e. The van der Waals surface area contributed by atoms with E-state index < -0.39 is 21.4 Å². The lowest BCUT2D eigenvalue weighted by molar-refractivity contribution is 0.595. The summed E-state index contributed by atoms with van der Waals surface area (Å²) in [5.74, 6) is -1.06. The summed E-state index contributed by atoms with van der Waals surface area (Å²) in [6.45, 7) is 1.75. The van der Waals surface area contributed by atoms with Crippen molar-refractivity contribution >= 4 is 15.5 Å². The van der Waals surface area contributed by atoms with E-state index in [9.17, 15) is 12.8 Å². The number of aryl methyl sites for hydroxylation is 1. The molecule has 0 fully saturated rings. The summed E-state index contributed by atoms with van der Waals surface area (Å²) in [7, 11) is -3.76. The Balaban J connectivity index is 2.50.